The second-order valence-electron chi connectivity index (χ2n) is 8.77. The molecule has 0 spiro atoms. The molecule has 0 aliphatic carbocycles. The Morgan fingerprint density at radius 3 is 2.00 bits per heavy atom. The number of aliphatic hydroxyl groups excluding tert-OH is 1. The average molecular weight is 477 g/mol. The van der Waals surface area contributed by atoms with Gasteiger partial charge in [0.2, 0.25) is 10.4 Å². The van der Waals surface area contributed by atoms with Crippen molar-refractivity contribution in [1.82, 2.24) is 0 Å². The molecule has 7 nitrogen and oxygen atoms in total. The standard InChI is InChI=1S/C23H45N2O.CH4O4S/c1-3-4-5-6-7-8-9-10-11-12-13-14-15-16-17-18-23-24-19-20-25(23,2)21-22-26;1-5-6(2,3)4/h10-11,26H,3-9,12-22H2,1-2H3;1H3,(H,2,3,4)/q+1;/p-1/b11-10-;. The highest BCUT2D eigenvalue weighted by atomic mass is 32.3. The van der Waals surface area contributed by atoms with Gasteiger partial charge in [-0.15, -0.1) is 0 Å². The lowest BCUT2D eigenvalue weighted by Gasteiger charge is -2.29. The highest BCUT2D eigenvalue weighted by molar-refractivity contribution is 7.80. The molecule has 0 aromatic rings. The normalized spacial score (nSPS) is 18.6. The average Bonchev–Trinajstić information content (AvgIpc) is 3.11. The van der Waals surface area contributed by atoms with Crippen molar-refractivity contribution in [2.45, 2.75) is 96.8 Å². The number of amidine groups is 1. The summed E-state index contributed by atoms with van der Waals surface area (Å²) in [5.41, 5.74) is 0. The van der Waals surface area contributed by atoms with Gasteiger partial charge in [-0.25, -0.2) is 13.4 Å². The molecule has 0 aromatic carbocycles. The summed E-state index contributed by atoms with van der Waals surface area (Å²) in [7, 11) is -1.38. The van der Waals surface area contributed by atoms with E-state index in [2.05, 4.69) is 35.3 Å². The molecule has 0 saturated heterocycles. The summed E-state index contributed by atoms with van der Waals surface area (Å²) in [5, 5.41) is 9.24. The van der Waals surface area contributed by atoms with Crippen molar-refractivity contribution in [3.63, 3.8) is 0 Å². The Bertz CT molecular complexity index is 608. The van der Waals surface area contributed by atoms with E-state index in [0.29, 0.717) is 0 Å². The molecular formula is C24H48N2O5S. The van der Waals surface area contributed by atoms with Crippen molar-refractivity contribution in [3.8, 4) is 0 Å². The number of quaternary nitrogens is 1. The lowest BCUT2D eigenvalue weighted by molar-refractivity contribution is -0.815. The Hall–Kier alpha value is -0.800. The van der Waals surface area contributed by atoms with Crippen molar-refractivity contribution in [3.05, 3.63) is 12.2 Å². The van der Waals surface area contributed by atoms with Crippen LogP contribution in [0.2, 0.25) is 0 Å². The van der Waals surface area contributed by atoms with Gasteiger partial charge in [0.05, 0.1) is 27.3 Å². The van der Waals surface area contributed by atoms with Crippen LogP contribution in [0.25, 0.3) is 0 Å². The first-order chi connectivity index (χ1) is 15.3. The summed E-state index contributed by atoms with van der Waals surface area (Å²) in [6, 6.07) is 0. The first-order valence-electron chi connectivity index (χ1n) is 12.4. The van der Waals surface area contributed by atoms with Crippen molar-refractivity contribution < 1.29 is 26.7 Å². The Morgan fingerprint density at radius 2 is 1.50 bits per heavy atom. The van der Waals surface area contributed by atoms with Crippen molar-refractivity contribution in [1.29, 1.82) is 0 Å². The number of rotatable bonds is 18. The van der Waals surface area contributed by atoms with Gasteiger partial charge < -0.3 is 9.66 Å². The Morgan fingerprint density at radius 1 is 1.00 bits per heavy atom. The molecule has 1 heterocycles. The number of allylic oxidation sites excluding steroid dienone is 2. The SMILES string of the molecule is CCCCCCCC/C=C\CCCCCCCC1=NCC[N+]1(C)CCO.COS(=O)(=O)[O-]. The van der Waals surface area contributed by atoms with Crippen molar-refractivity contribution >= 4 is 16.2 Å². The lowest BCUT2D eigenvalue weighted by Crippen LogP contribution is -2.48. The number of hydrogen-bond donors (Lipinski definition) is 1. The van der Waals surface area contributed by atoms with Gasteiger partial charge in [-0.3, -0.25) is 8.67 Å². The molecule has 0 aromatic heterocycles. The minimum Gasteiger partial charge on any atom is -0.726 e. The van der Waals surface area contributed by atoms with Crippen LogP contribution in [0.5, 0.6) is 0 Å². The highest BCUT2D eigenvalue weighted by Gasteiger charge is 2.32. The molecule has 1 unspecified atom stereocenters. The first kappa shape index (κ1) is 31.2. The van der Waals surface area contributed by atoms with E-state index < -0.39 is 10.4 Å². The van der Waals surface area contributed by atoms with E-state index in [1.165, 1.54) is 89.3 Å². The molecule has 32 heavy (non-hydrogen) atoms. The third kappa shape index (κ3) is 17.7. The zero-order valence-electron chi connectivity index (χ0n) is 20.8. The molecule has 1 atom stereocenters. The van der Waals surface area contributed by atoms with Gasteiger partial charge >= 0.3 is 0 Å². The van der Waals surface area contributed by atoms with Crippen molar-refractivity contribution in [2.75, 3.05) is 40.4 Å². The van der Waals surface area contributed by atoms with Gasteiger partial charge in [-0.1, -0.05) is 70.4 Å². The van der Waals surface area contributed by atoms with E-state index in [-0.39, 0.29) is 6.61 Å². The number of nitrogens with zero attached hydrogens (tertiary/aromatic N) is 2. The Kier molecular flexibility index (Phi) is 19.2. The molecule has 1 N–H and O–H groups in total. The molecule has 1 rings (SSSR count). The third-order valence-electron chi connectivity index (χ3n) is 5.97. The van der Waals surface area contributed by atoms with Gasteiger partial charge in [0.1, 0.15) is 13.1 Å². The van der Waals surface area contributed by atoms with Crippen LogP contribution in [0.3, 0.4) is 0 Å². The zero-order valence-corrected chi connectivity index (χ0v) is 21.6. The van der Waals surface area contributed by atoms with Gasteiger partial charge in [0.15, 0.2) is 5.84 Å². The molecule has 0 bridgehead atoms. The Balaban J connectivity index is 0.00000140. The molecule has 0 fully saturated rings. The van der Waals surface area contributed by atoms with Crippen LogP contribution >= 0.6 is 0 Å². The molecule has 8 heteroatoms. The fraction of sp³-hybridized carbons (Fsp3) is 0.875. The quantitative estimate of drug-likeness (QED) is 0.0990. The smallest absolute Gasteiger partial charge is 0.217 e. The van der Waals surface area contributed by atoms with Gasteiger partial charge in [-0.2, -0.15) is 0 Å². The summed E-state index contributed by atoms with van der Waals surface area (Å²) >= 11 is 0. The summed E-state index contributed by atoms with van der Waals surface area (Å²) in [6.45, 7) is 5.38. The minimum atomic E-state index is -4.41. The lowest BCUT2D eigenvalue weighted by atomic mass is 10.1. The number of hydrogen-bond acceptors (Lipinski definition) is 6. The summed E-state index contributed by atoms with van der Waals surface area (Å²) in [6.07, 6.45) is 23.5. The van der Waals surface area contributed by atoms with Crippen LogP contribution in [0.15, 0.2) is 17.1 Å². The third-order valence-corrected chi connectivity index (χ3v) is 6.38. The van der Waals surface area contributed by atoms with Crippen LogP contribution < -0.4 is 0 Å². The second kappa shape index (κ2) is 19.6. The van der Waals surface area contributed by atoms with E-state index in [1.807, 2.05) is 0 Å². The maximum atomic E-state index is 9.24. The van der Waals surface area contributed by atoms with E-state index in [0.717, 1.165) is 37.6 Å². The molecule has 1 aliphatic heterocycles. The van der Waals surface area contributed by atoms with Gasteiger partial charge in [-0.05, 0) is 32.1 Å². The maximum Gasteiger partial charge on any atom is 0.217 e. The van der Waals surface area contributed by atoms with E-state index in [1.54, 1.807) is 0 Å². The van der Waals surface area contributed by atoms with Gasteiger partial charge in [0, 0.05) is 6.42 Å². The van der Waals surface area contributed by atoms with Crippen LogP contribution in [0, 0.1) is 0 Å². The Labute approximate surface area is 197 Å². The first-order valence-corrected chi connectivity index (χ1v) is 13.8. The van der Waals surface area contributed by atoms with Crippen LogP contribution in [-0.2, 0) is 14.6 Å². The molecule has 190 valence electrons. The summed E-state index contributed by atoms with van der Waals surface area (Å²) < 4.78 is 31.9. The maximum absolute atomic E-state index is 9.24. The molecule has 0 amide bonds. The fourth-order valence-corrected chi connectivity index (χ4v) is 3.86. The van der Waals surface area contributed by atoms with E-state index in [9.17, 15) is 18.1 Å². The second-order valence-corrected chi connectivity index (χ2v) is 9.92. The number of unbranched alkanes of at least 4 members (excludes halogenated alkanes) is 11. The van der Waals surface area contributed by atoms with E-state index >= 15 is 0 Å². The predicted octanol–water partition coefficient (Wildman–Crippen LogP) is 4.97. The number of aliphatic hydroxyl groups is 1. The molecular weight excluding hydrogens is 428 g/mol. The van der Waals surface area contributed by atoms with Crippen LogP contribution in [0.4, 0.5) is 0 Å². The summed E-state index contributed by atoms with van der Waals surface area (Å²) in [5.74, 6) is 1.32. The minimum absolute atomic E-state index is 0.266. The number of aliphatic imine (C=N–C) groups is 1. The predicted molar refractivity (Wildman–Crippen MR) is 131 cm³/mol. The van der Waals surface area contributed by atoms with Crippen LogP contribution in [0.1, 0.15) is 96.8 Å². The molecule has 1 aliphatic rings. The summed E-state index contributed by atoms with van der Waals surface area (Å²) in [4.78, 5) is 4.68. The monoisotopic (exact) mass is 476 g/mol. The van der Waals surface area contributed by atoms with Crippen molar-refractivity contribution in [2.24, 2.45) is 4.99 Å². The fourth-order valence-electron chi connectivity index (χ4n) is 3.86. The van der Waals surface area contributed by atoms with E-state index in [4.69, 9.17) is 0 Å². The largest absolute Gasteiger partial charge is 0.726 e. The zero-order chi connectivity index (χ0) is 24.1. The van der Waals surface area contributed by atoms with Crippen LogP contribution in [-0.4, -0.2) is 68.8 Å². The molecule has 0 saturated carbocycles. The number of likely N-dealkylation sites (N-methyl/N-ethyl adjacent to an activating group) is 1. The topological polar surface area (TPSA) is 99.0 Å². The van der Waals surface area contributed by atoms with Gasteiger partial charge in [0.25, 0.3) is 0 Å². The molecule has 0 radical (unpaired) electrons. The highest BCUT2D eigenvalue weighted by Crippen LogP contribution is 2.17.